The van der Waals surface area contributed by atoms with Crippen LogP contribution in [0.3, 0.4) is 0 Å². The van der Waals surface area contributed by atoms with E-state index in [0.717, 1.165) is 23.6 Å². The number of hydrogen-bond donors (Lipinski definition) is 2. The highest BCUT2D eigenvalue weighted by Crippen LogP contribution is 2.18. The number of imidazole rings is 1. The van der Waals surface area contributed by atoms with Gasteiger partial charge in [0.05, 0.1) is 11.4 Å². The van der Waals surface area contributed by atoms with Gasteiger partial charge in [-0.1, -0.05) is 12.8 Å². The number of rotatable bonds is 3. The molecule has 0 radical (unpaired) electrons. The summed E-state index contributed by atoms with van der Waals surface area (Å²) in [6, 6.07) is 4.51. The summed E-state index contributed by atoms with van der Waals surface area (Å²) in [5.41, 5.74) is 8.54. The van der Waals surface area contributed by atoms with Crippen LogP contribution in [0.25, 0.3) is 5.65 Å². The number of nitrogens with one attached hydrogen (secondary N) is 1. The van der Waals surface area contributed by atoms with Crippen LogP contribution in [-0.4, -0.2) is 15.4 Å². The lowest BCUT2D eigenvalue weighted by Gasteiger charge is -2.09. The largest absolute Gasteiger partial charge is 0.396 e. The summed E-state index contributed by atoms with van der Waals surface area (Å²) >= 11 is 0. The van der Waals surface area contributed by atoms with Crippen LogP contribution in [0, 0.1) is 0 Å². The third-order valence-electron chi connectivity index (χ3n) is 3.49. The molecule has 1 fully saturated rings. The van der Waals surface area contributed by atoms with Crippen LogP contribution < -0.4 is 11.1 Å². The van der Waals surface area contributed by atoms with Crippen molar-refractivity contribution in [2.24, 2.45) is 0 Å². The minimum Gasteiger partial charge on any atom is -0.396 e. The van der Waals surface area contributed by atoms with Crippen molar-refractivity contribution in [1.82, 2.24) is 14.7 Å². The van der Waals surface area contributed by atoms with E-state index in [9.17, 15) is 0 Å². The number of anilines is 1. The SMILES string of the molecule is Nc1cccn2cc(CNC3CCCC3)nc12. The molecule has 2 aromatic rings. The molecular weight excluding hydrogens is 212 g/mol. The quantitative estimate of drug-likeness (QED) is 0.847. The zero-order valence-corrected chi connectivity index (χ0v) is 9.89. The van der Waals surface area contributed by atoms with Gasteiger partial charge in [0.1, 0.15) is 0 Å². The Bertz CT molecular complexity index is 511. The minimum absolute atomic E-state index is 0.678. The Hall–Kier alpha value is -1.55. The third kappa shape index (κ3) is 2.13. The predicted molar refractivity (Wildman–Crippen MR) is 68.7 cm³/mol. The number of pyridine rings is 1. The van der Waals surface area contributed by atoms with Crippen LogP contribution in [0.4, 0.5) is 5.69 Å². The maximum Gasteiger partial charge on any atom is 0.160 e. The second-order valence-electron chi connectivity index (χ2n) is 4.79. The van der Waals surface area contributed by atoms with Gasteiger partial charge >= 0.3 is 0 Å². The highest BCUT2D eigenvalue weighted by Gasteiger charge is 2.14. The first kappa shape index (κ1) is 10.6. The van der Waals surface area contributed by atoms with Gasteiger partial charge in [0.15, 0.2) is 5.65 Å². The molecule has 0 saturated heterocycles. The Morgan fingerprint density at radius 2 is 2.24 bits per heavy atom. The maximum atomic E-state index is 5.88. The Kier molecular flexibility index (Phi) is 2.73. The standard InChI is InChI=1S/C13H18N4/c14-12-6-3-7-17-9-11(16-13(12)17)8-15-10-4-1-2-5-10/h3,6-7,9-10,15H,1-2,4-5,8,14H2. The number of aromatic nitrogens is 2. The molecule has 1 aliphatic carbocycles. The number of hydrogen-bond acceptors (Lipinski definition) is 3. The van der Waals surface area contributed by atoms with Gasteiger partial charge in [-0.05, 0) is 25.0 Å². The van der Waals surface area contributed by atoms with Crippen molar-refractivity contribution in [3.05, 3.63) is 30.2 Å². The van der Waals surface area contributed by atoms with Gasteiger partial charge in [0.25, 0.3) is 0 Å². The zero-order chi connectivity index (χ0) is 11.7. The second kappa shape index (κ2) is 4.37. The fourth-order valence-electron chi connectivity index (χ4n) is 2.55. The summed E-state index contributed by atoms with van der Waals surface area (Å²) in [5, 5.41) is 3.56. The topological polar surface area (TPSA) is 55.4 Å². The van der Waals surface area contributed by atoms with E-state index in [2.05, 4.69) is 10.3 Å². The van der Waals surface area contributed by atoms with Gasteiger partial charge in [-0.15, -0.1) is 0 Å². The van der Waals surface area contributed by atoms with E-state index in [1.54, 1.807) is 0 Å². The molecule has 0 spiro atoms. The van der Waals surface area contributed by atoms with Crippen molar-refractivity contribution in [3.63, 3.8) is 0 Å². The van der Waals surface area contributed by atoms with Crippen LogP contribution in [0.15, 0.2) is 24.5 Å². The van der Waals surface area contributed by atoms with Gasteiger partial charge in [-0.3, -0.25) is 0 Å². The van der Waals surface area contributed by atoms with E-state index < -0.39 is 0 Å². The van der Waals surface area contributed by atoms with Crippen LogP contribution in [-0.2, 0) is 6.54 Å². The van der Waals surface area contributed by atoms with Crippen molar-refractivity contribution in [1.29, 1.82) is 0 Å². The number of nitrogens with two attached hydrogens (primary N) is 1. The van der Waals surface area contributed by atoms with Gasteiger partial charge in [0, 0.05) is 25.0 Å². The molecule has 4 nitrogen and oxygen atoms in total. The molecule has 0 aliphatic heterocycles. The molecule has 0 unspecified atom stereocenters. The smallest absolute Gasteiger partial charge is 0.160 e. The lowest BCUT2D eigenvalue weighted by atomic mass is 10.2. The monoisotopic (exact) mass is 230 g/mol. The average molecular weight is 230 g/mol. The summed E-state index contributed by atoms with van der Waals surface area (Å²) in [6.07, 6.45) is 9.35. The van der Waals surface area contributed by atoms with Crippen LogP contribution in [0.5, 0.6) is 0 Å². The van der Waals surface area contributed by atoms with Crippen LogP contribution in [0.1, 0.15) is 31.4 Å². The summed E-state index contributed by atoms with van der Waals surface area (Å²) in [7, 11) is 0. The van der Waals surface area contributed by atoms with E-state index in [-0.39, 0.29) is 0 Å². The molecule has 0 bridgehead atoms. The Morgan fingerprint density at radius 1 is 1.41 bits per heavy atom. The molecule has 3 N–H and O–H groups in total. The summed E-state index contributed by atoms with van der Waals surface area (Å²) < 4.78 is 1.99. The Labute approximate surface area is 101 Å². The van der Waals surface area contributed by atoms with Crippen LogP contribution in [0.2, 0.25) is 0 Å². The molecule has 90 valence electrons. The van der Waals surface area contributed by atoms with Crippen molar-refractivity contribution in [3.8, 4) is 0 Å². The Morgan fingerprint density at radius 3 is 3.00 bits per heavy atom. The normalized spacial score (nSPS) is 16.9. The van der Waals surface area contributed by atoms with Crippen molar-refractivity contribution < 1.29 is 0 Å². The van der Waals surface area contributed by atoms with E-state index >= 15 is 0 Å². The average Bonchev–Trinajstić information content (AvgIpc) is 2.95. The molecule has 4 heteroatoms. The highest BCUT2D eigenvalue weighted by molar-refractivity contribution is 5.64. The summed E-state index contributed by atoms with van der Waals surface area (Å²) in [5.74, 6) is 0. The molecule has 0 amide bonds. The minimum atomic E-state index is 0.678. The molecule has 1 saturated carbocycles. The first-order chi connectivity index (χ1) is 8.33. The van der Waals surface area contributed by atoms with E-state index in [0.29, 0.717) is 6.04 Å². The maximum absolute atomic E-state index is 5.88. The lowest BCUT2D eigenvalue weighted by molar-refractivity contribution is 0.520. The molecule has 17 heavy (non-hydrogen) atoms. The molecule has 0 atom stereocenters. The van der Waals surface area contributed by atoms with E-state index in [1.165, 1.54) is 25.7 Å². The fourth-order valence-corrected chi connectivity index (χ4v) is 2.55. The first-order valence-electron chi connectivity index (χ1n) is 6.28. The van der Waals surface area contributed by atoms with Crippen molar-refractivity contribution in [2.75, 3.05) is 5.73 Å². The first-order valence-corrected chi connectivity index (χ1v) is 6.28. The van der Waals surface area contributed by atoms with Crippen LogP contribution >= 0.6 is 0 Å². The molecule has 0 aromatic carbocycles. The Balaban J connectivity index is 1.74. The molecular formula is C13H18N4. The zero-order valence-electron chi connectivity index (χ0n) is 9.89. The summed E-state index contributed by atoms with van der Waals surface area (Å²) in [4.78, 5) is 4.55. The van der Waals surface area contributed by atoms with Crippen molar-refractivity contribution >= 4 is 11.3 Å². The van der Waals surface area contributed by atoms with Gasteiger partial charge in [-0.25, -0.2) is 4.98 Å². The predicted octanol–water partition coefficient (Wildman–Crippen LogP) is 1.95. The van der Waals surface area contributed by atoms with E-state index in [1.807, 2.05) is 28.9 Å². The van der Waals surface area contributed by atoms with E-state index in [4.69, 9.17) is 5.73 Å². The lowest BCUT2D eigenvalue weighted by Crippen LogP contribution is -2.25. The summed E-state index contributed by atoms with van der Waals surface area (Å²) in [6.45, 7) is 0.839. The van der Waals surface area contributed by atoms with Gasteiger partial charge < -0.3 is 15.5 Å². The highest BCUT2D eigenvalue weighted by atomic mass is 15.0. The number of fused-ring (bicyclic) bond motifs is 1. The van der Waals surface area contributed by atoms with Crippen molar-refractivity contribution in [2.45, 2.75) is 38.3 Å². The van der Waals surface area contributed by atoms with Gasteiger partial charge in [-0.2, -0.15) is 0 Å². The molecule has 2 heterocycles. The second-order valence-corrected chi connectivity index (χ2v) is 4.79. The van der Waals surface area contributed by atoms with Gasteiger partial charge in [0.2, 0.25) is 0 Å². The number of nitrogen functional groups attached to an aromatic ring is 1. The molecule has 3 rings (SSSR count). The molecule has 1 aliphatic rings. The molecule has 2 aromatic heterocycles. The third-order valence-corrected chi connectivity index (χ3v) is 3.49. The fraction of sp³-hybridized carbons (Fsp3) is 0.462. The number of nitrogens with zero attached hydrogens (tertiary/aromatic N) is 2.